The van der Waals surface area contributed by atoms with E-state index >= 15 is 0 Å². The number of pyridine rings is 1. The second-order valence-corrected chi connectivity index (χ2v) is 5.51. The van der Waals surface area contributed by atoms with Gasteiger partial charge >= 0.3 is 0 Å². The molecule has 0 aliphatic carbocycles. The topological polar surface area (TPSA) is 42.4 Å². The normalized spacial score (nSPS) is 11.4. The number of ether oxygens (including phenoxy) is 1. The maximum absolute atomic E-state index is 9.27. The van der Waals surface area contributed by atoms with Gasteiger partial charge in [-0.05, 0) is 35.6 Å². The number of hydrogen-bond donors (Lipinski definition) is 1. The highest BCUT2D eigenvalue weighted by molar-refractivity contribution is 5.37. The molecule has 3 nitrogen and oxygen atoms in total. The lowest BCUT2D eigenvalue weighted by molar-refractivity contribution is 0.276. The summed E-state index contributed by atoms with van der Waals surface area (Å²) in [5.74, 6) is 1.35. The fourth-order valence-corrected chi connectivity index (χ4v) is 1.94. The fraction of sp³-hybridized carbons (Fsp3) is 0.353. The van der Waals surface area contributed by atoms with Gasteiger partial charge in [-0.15, -0.1) is 0 Å². The highest BCUT2D eigenvalue weighted by Gasteiger charge is 2.17. The lowest BCUT2D eigenvalue weighted by Crippen LogP contribution is -2.14. The number of hydrogen-bond acceptors (Lipinski definition) is 3. The summed E-state index contributed by atoms with van der Waals surface area (Å²) in [6.07, 6.45) is 4.35. The minimum absolute atomic E-state index is 0.0567. The van der Waals surface area contributed by atoms with Crippen molar-refractivity contribution in [2.75, 3.05) is 0 Å². The lowest BCUT2D eigenvalue weighted by atomic mass is 9.82. The summed E-state index contributed by atoms with van der Waals surface area (Å²) in [4.78, 5) is 4.02. The molecule has 2 rings (SSSR count). The number of benzene rings is 1. The summed E-state index contributed by atoms with van der Waals surface area (Å²) in [5, 5.41) is 9.27. The quantitative estimate of drug-likeness (QED) is 0.892. The molecule has 0 unspecified atom stereocenters. The molecule has 1 aromatic heterocycles. The first kappa shape index (κ1) is 14.5. The molecule has 20 heavy (non-hydrogen) atoms. The van der Waals surface area contributed by atoms with Crippen molar-refractivity contribution in [2.45, 2.75) is 39.2 Å². The van der Waals surface area contributed by atoms with Crippen LogP contribution in [0.3, 0.4) is 0 Å². The van der Waals surface area contributed by atoms with E-state index in [1.165, 1.54) is 5.56 Å². The SMILES string of the molecule is CCC(C)(C)c1ccc(Oc2cnccc2CO)cc1. The molecule has 0 spiro atoms. The van der Waals surface area contributed by atoms with Crippen LogP contribution in [0.5, 0.6) is 11.5 Å². The molecule has 0 radical (unpaired) electrons. The summed E-state index contributed by atoms with van der Waals surface area (Å²) in [7, 11) is 0. The van der Waals surface area contributed by atoms with Gasteiger partial charge in [0.1, 0.15) is 5.75 Å². The van der Waals surface area contributed by atoms with Crippen molar-refractivity contribution in [3.05, 3.63) is 53.9 Å². The minimum atomic E-state index is -0.0567. The zero-order valence-corrected chi connectivity index (χ0v) is 12.3. The molecule has 3 heteroatoms. The van der Waals surface area contributed by atoms with Gasteiger partial charge in [0.2, 0.25) is 0 Å². The van der Waals surface area contributed by atoms with Crippen LogP contribution in [-0.2, 0) is 12.0 Å². The first-order valence-corrected chi connectivity index (χ1v) is 6.89. The highest BCUT2D eigenvalue weighted by Crippen LogP contribution is 2.30. The van der Waals surface area contributed by atoms with Crippen LogP contribution >= 0.6 is 0 Å². The maximum Gasteiger partial charge on any atom is 0.151 e. The average Bonchev–Trinajstić information content (AvgIpc) is 2.48. The molecule has 1 heterocycles. The van der Waals surface area contributed by atoms with Crippen molar-refractivity contribution in [3.63, 3.8) is 0 Å². The van der Waals surface area contributed by atoms with Gasteiger partial charge in [0.25, 0.3) is 0 Å². The predicted molar refractivity (Wildman–Crippen MR) is 80.0 cm³/mol. The Hall–Kier alpha value is -1.87. The first-order chi connectivity index (χ1) is 9.56. The molecule has 0 saturated heterocycles. The predicted octanol–water partition coefficient (Wildman–Crippen LogP) is 4.05. The van der Waals surface area contributed by atoms with E-state index in [2.05, 4.69) is 37.9 Å². The van der Waals surface area contributed by atoms with Crippen LogP contribution < -0.4 is 4.74 Å². The number of aliphatic hydroxyl groups excluding tert-OH is 1. The molecule has 0 saturated carbocycles. The fourth-order valence-electron chi connectivity index (χ4n) is 1.94. The van der Waals surface area contributed by atoms with Crippen LogP contribution in [-0.4, -0.2) is 10.1 Å². The Kier molecular flexibility index (Phi) is 4.40. The van der Waals surface area contributed by atoms with Crippen LogP contribution in [0.1, 0.15) is 38.3 Å². The Morgan fingerprint density at radius 3 is 2.45 bits per heavy atom. The molecule has 0 aliphatic heterocycles. The Labute approximate surface area is 120 Å². The van der Waals surface area contributed by atoms with E-state index in [-0.39, 0.29) is 12.0 Å². The Bertz CT molecular complexity index is 561. The third-order valence-corrected chi connectivity index (χ3v) is 3.79. The molecule has 0 amide bonds. The Balaban J connectivity index is 2.19. The molecule has 0 fully saturated rings. The Morgan fingerprint density at radius 2 is 1.85 bits per heavy atom. The third kappa shape index (κ3) is 3.17. The minimum Gasteiger partial charge on any atom is -0.455 e. The molecule has 0 bridgehead atoms. The lowest BCUT2D eigenvalue weighted by Gasteiger charge is -2.23. The molecule has 0 atom stereocenters. The van der Waals surface area contributed by atoms with E-state index in [9.17, 15) is 5.11 Å². The van der Waals surface area contributed by atoms with E-state index < -0.39 is 0 Å². The monoisotopic (exact) mass is 271 g/mol. The zero-order valence-electron chi connectivity index (χ0n) is 12.3. The number of nitrogens with zero attached hydrogens (tertiary/aromatic N) is 1. The van der Waals surface area contributed by atoms with Crippen LogP contribution in [0.4, 0.5) is 0 Å². The average molecular weight is 271 g/mol. The summed E-state index contributed by atoms with van der Waals surface area (Å²) in [6.45, 7) is 6.59. The van der Waals surface area contributed by atoms with Crippen LogP contribution in [0.2, 0.25) is 0 Å². The molecule has 1 N–H and O–H groups in total. The van der Waals surface area contributed by atoms with E-state index in [0.29, 0.717) is 5.75 Å². The van der Waals surface area contributed by atoms with Crippen molar-refractivity contribution in [1.29, 1.82) is 0 Å². The summed E-state index contributed by atoms with van der Waals surface area (Å²) in [5.41, 5.74) is 2.20. The van der Waals surface area contributed by atoms with Crippen molar-refractivity contribution in [1.82, 2.24) is 4.98 Å². The van der Waals surface area contributed by atoms with E-state index in [4.69, 9.17) is 4.74 Å². The van der Waals surface area contributed by atoms with E-state index in [1.54, 1.807) is 18.5 Å². The summed E-state index contributed by atoms with van der Waals surface area (Å²) >= 11 is 0. The van der Waals surface area contributed by atoms with Gasteiger partial charge in [-0.25, -0.2) is 0 Å². The standard InChI is InChI=1S/C17H21NO2/c1-4-17(2,3)14-5-7-15(8-6-14)20-16-11-18-10-9-13(16)12-19/h5-11,19H,4,12H2,1-3H3. The molecule has 0 aliphatic rings. The van der Waals surface area contributed by atoms with E-state index in [0.717, 1.165) is 17.7 Å². The van der Waals surface area contributed by atoms with Gasteiger partial charge in [-0.3, -0.25) is 4.98 Å². The number of rotatable bonds is 5. The second kappa shape index (κ2) is 6.06. The molecule has 2 aromatic rings. The van der Waals surface area contributed by atoms with Crippen molar-refractivity contribution >= 4 is 0 Å². The van der Waals surface area contributed by atoms with Crippen molar-refractivity contribution < 1.29 is 9.84 Å². The molecule has 106 valence electrons. The Morgan fingerprint density at radius 1 is 1.15 bits per heavy atom. The largest absolute Gasteiger partial charge is 0.455 e. The van der Waals surface area contributed by atoms with Gasteiger partial charge in [0.15, 0.2) is 5.75 Å². The molecule has 1 aromatic carbocycles. The smallest absolute Gasteiger partial charge is 0.151 e. The summed E-state index contributed by atoms with van der Waals surface area (Å²) < 4.78 is 5.78. The highest BCUT2D eigenvalue weighted by atomic mass is 16.5. The van der Waals surface area contributed by atoms with Crippen molar-refractivity contribution in [3.8, 4) is 11.5 Å². The van der Waals surface area contributed by atoms with Gasteiger partial charge in [0.05, 0.1) is 12.8 Å². The maximum atomic E-state index is 9.27. The van der Waals surface area contributed by atoms with Gasteiger partial charge in [-0.1, -0.05) is 32.9 Å². The molecular weight excluding hydrogens is 250 g/mol. The van der Waals surface area contributed by atoms with Crippen molar-refractivity contribution in [2.24, 2.45) is 0 Å². The third-order valence-electron chi connectivity index (χ3n) is 3.79. The van der Waals surface area contributed by atoms with Gasteiger partial charge in [0, 0.05) is 11.8 Å². The molecular formula is C17H21NO2. The second-order valence-electron chi connectivity index (χ2n) is 5.51. The summed E-state index contributed by atoms with van der Waals surface area (Å²) in [6, 6.07) is 9.85. The van der Waals surface area contributed by atoms with Crippen LogP contribution in [0.15, 0.2) is 42.7 Å². The zero-order chi connectivity index (χ0) is 14.6. The van der Waals surface area contributed by atoms with Crippen LogP contribution in [0.25, 0.3) is 0 Å². The van der Waals surface area contributed by atoms with Crippen LogP contribution in [0, 0.1) is 0 Å². The van der Waals surface area contributed by atoms with Gasteiger partial charge < -0.3 is 9.84 Å². The van der Waals surface area contributed by atoms with E-state index in [1.807, 2.05) is 12.1 Å². The number of aliphatic hydroxyl groups is 1. The number of aromatic nitrogens is 1. The van der Waals surface area contributed by atoms with Gasteiger partial charge in [-0.2, -0.15) is 0 Å². The first-order valence-electron chi connectivity index (χ1n) is 6.89.